The molecule has 2 aromatic rings. The first kappa shape index (κ1) is 13.8. The van der Waals surface area contributed by atoms with Crippen LogP contribution in [-0.2, 0) is 16.1 Å². The maximum absolute atomic E-state index is 11.8. The topological polar surface area (TPSA) is 55.4 Å². The molecule has 0 saturated carbocycles. The Kier molecular flexibility index (Phi) is 4.70. The summed E-state index contributed by atoms with van der Waals surface area (Å²) in [5, 5.41) is 8.16. The minimum Gasteiger partial charge on any atom is -0.449 e. The zero-order chi connectivity index (χ0) is 13.7. The van der Waals surface area contributed by atoms with Crippen molar-refractivity contribution in [1.82, 2.24) is 5.32 Å². The first-order chi connectivity index (χ1) is 9.16. The van der Waals surface area contributed by atoms with Crippen LogP contribution in [0, 0.1) is 0 Å². The molecule has 0 bridgehead atoms. The second-order valence-electron chi connectivity index (χ2n) is 3.86. The highest BCUT2D eigenvalue weighted by atomic mass is 32.1. The zero-order valence-electron chi connectivity index (χ0n) is 10.3. The van der Waals surface area contributed by atoms with Gasteiger partial charge in [0.25, 0.3) is 5.91 Å². The molecule has 1 atom stereocenters. The predicted octanol–water partition coefficient (Wildman–Crippen LogP) is 2.67. The Morgan fingerprint density at radius 3 is 2.84 bits per heavy atom. The Labute approximate surface area is 119 Å². The van der Waals surface area contributed by atoms with Crippen LogP contribution >= 0.6 is 22.7 Å². The summed E-state index contributed by atoms with van der Waals surface area (Å²) in [4.78, 5) is 24.5. The summed E-state index contributed by atoms with van der Waals surface area (Å²) in [7, 11) is 0. The zero-order valence-corrected chi connectivity index (χ0v) is 11.9. The maximum atomic E-state index is 11.8. The molecule has 1 amide bonds. The normalized spacial score (nSPS) is 11.8. The molecule has 0 aliphatic carbocycles. The number of thiophene rings is 2. The smallest absolute Gasteiger partial charge is 0.339 e. The highest BCUT2D eigenvalue weighted by molar-refractivity contribution is 7.09. The highest BCUT2D eigenvalue weighted by Crippen LogP contribution is 2.10. The van der Waals surface area contributed by atoms with Gasteiger partial charge in [0.05, 0.1) is 12.1 Å². The van der Waals surface area contributed by atoms with E-state index in [1.165, 1.54) is 11.3 Å². The summed E-state index contributed by atoms with van der Waals surface area (Å²) in [5.41, 5.74) is 0.475. The van der Waals surface area contributed by atoms with E-state index in [-0.39, 0.29) is 5.91 Å². The van der Waals surface area contributed by atoms with Crippen molar-refractivity contribution >= 4 is 34.6 Å². The minimum atomic E-state index is -0.799. The van der Waals surface area contributed by atoms with Crippen molar-refractivity contribution in [3.8, 4) is 0 Å². The van der Waals surface area contributed by atoms with Crippen LogP contribution in [0.3, 0.4) is 0 Å². The highest BCUT2D eigenvalue weighted by Gasteiger charge is 2.18. The van der Waals surface area contributed by atoms with Crippen molar-refractivity contribution in [3.63, 3.8) is 0 Å². The molecule has 0 aliphatic rings. The molecule has 0 aliphatic heterocycles. The van der Waals surface area contributed by atoms with Crippen molar-refractivity contribution in [3.05, 3.63) is 44.8 Å². The quantitative estimate of drug-likeness (QED) is 0.863. The van der Waals surface area contributed by atoms with Crippen LogP contribution in [0.2, 0.25) is 0 Å². The van der Waals surface area contributed by atoms with Crippen molar-refractivity contribution in [2.24, 2.45) is 0 Å². The lowest BCUT2D eigenvalue weighted by Gasteiger charge is -2.12. The number of carbonyl (C=O) groups excluding carboxylic acids is 2. The van der Waals surface area contributed by atoms with Crippen molar-refractivity contribution < 1.29 is 14.3 Å². The van der Waals surface area contributed by atoms with Gasteiger partial charge in [-0.1, -0.05) is 6.07 Å². The van der Waals surface area contributed by atoms with E-state index < -0.39 is 12.1 Å². The summed E-state index contributed by atoms with van der Waals surface area (Å²) in [6.45, 7) is 2.02. The van der Waals surface area contributed by atoms with Crippen LogP contribution in [0.25, 0.3) is 0 Å². The van der Waals surface area contributed by atoms with Gasteiger partial charge >= 0.3 is 5.97 Å². The lowest BCUT2D eigenvalue weighted by molar-refractivity contribution is -0.129. The van der Waals surface area contributed by atoms with Gasteiger partial charge < -0.3 is 10.1 Å². The van der Waals surface area contributed by atoms with E-state index in [0.717, 1.165) is 4.88 Å². The Balaban J connectivity index is 1.80. The third kappa shape index (κ3) is 3.90. The van der Waals surface area contributed by atoms with Gasteiger partial charge in [-0.3, -0.25) is 4.79 Å². The van der Waals surface area contributed by atoms with Gasteiger partial charge in [-0.15, -0.1) is 11.3 Å². The van der Waals surface area contributed by atoms with Gasteiger partial charge in [0.15, 0.2) is 6.10 Å². The molecule has 2 rings (SSSR count). The average molecular weight is 295 g/mol. The van der Waals surface area contributed by atoms with Crippen LogP contribution in [0.5, 0.6) is 0 Å². The molecule has 100 valence electrons. The van der Waals surface area contributed by atoms with Crippen LogP contribution < -0.4 is 5.32 Å². The third-order valence-electron chi connectivity index (χ3n) is 2.43. The second kappa shape index (κ2) is 6.49. The van der Waals surface area contributed by atoms with Crippen LogP contribution in [0.1, 0.15) is 22.2 Å². The van der Waals surface area contributed by atoms with Crippen molar-refractivity contribution in [1.29, 1.82) is 0 Å². The first-order valence-corrected chi connectivity index (χ1v) is 7.52. The molecular formula is C13H13NO3S2. The Hall–Kier alpha value is -1.66. The standard InChI is InChI=1S/C13H13NO3S2/c1-9(17-13(16)10-4-6-18-8-10)12(15)14-7-11-3-2-5-19-11/h2-6,8-9H,7H2,1H3,(H,14,15)/t9-/m0/s1. The number of carbonyl (C=O) groups is 2. The van der Waals surface area contributed by atoms with Gasteiger partial charge in [-0.05, 0) is 29.8 Å². The van der Waals surface area contributed by atoms with Gasteiger partial charge in [-0.2, -0.15) is 11.3 Å². The second-order valence-corrected chi connectivity index (χ2v) is 5.67. The number of amides is 1. The van der Waals surface area contributed by atoms with E-state index in [9.17, 15) is 9.59 Å². The van der Waals surface area contributed by atoms with E-state index in [1.54, 1.807) is 35.1 Å². The van der Waals surface area contributed by atoms with E-state index in [4.69, 9.17) is 4.74 Å². The summed E-state index contributed by atoms with van der Waals surface area (Å²) in [6, 6.07) is 5.53. The third-order valence-corrected chi connectivity index (χ3v) is 3.99. The molecule has 0 spiro atoms. The van der Waals surface area contributed by atoms with Gasteiger partial charge in [0.2, 0.25) is 0 Å². The number of ether oxygens (including phenoxy) is 1. The minimum absolute atomic E-state index is 0.294. The monoisotopic (exact) mass is 295 g/mol. The van der Waals surface area contributed by atoms with E-state index in [1.807, 2.05) is 17.5 Å². The van der Waals surface area contributed by atoms with Crippen molar-refractivity contribution in [2.45, 2.75) is 19.6 Å². The van der Waals surface area contributed by atoms with Gasteiger partial charge in [-0.25, -0.2) is 4.79 Å². The molecule has 2 heterocycles. The fourth-order valence-corrected chi connectivity index (χ4v) is 2.66. The molecule has 1 N–H and O–H groups in total. The Morgan fingerprint density at radius 2 is 2.21 bits per heavy atom. The lowest BCUT2D eigenvalue weighted by atomic mass is 10.3. The number of hydrogen-bond acceptors (Lipinski definition) is 5. The van der Waals surface area contributed by atoms with Crippen LogP contribution in [0.4, 0.5) is 0 Å². The molecule has 2 aromatic heterocycles. The Bertz CT molecular complexity index is 534. The number of nitrogens with one attached hydrogen (secondary N) is 1. The molecule has 0 radical (unpaired) electrons. The fourth-order valence-electron chi connectivity index (χ4n) is 1.39. The average Bonchev–Trinajstić information content (AvgIpc) is 3.08. The largest absolute Gasteiger partial charge is 0.449 e. The van der Waals surface area contributed by atoms with E-state index in [0.29, 0.717) is 12.1 Å². The lowest BCUT2D eigenvalue weighted by Crippen LogP contribution is -2.35. The predicted molar refractivity (Wildman–Crippen MR) is 75.4 cm³/mol. The molecule has 0 saturated heterocycles. The van der Waals surface area contributed by atoms with Crippen LogP contribution in [0.15, 0.2) is 34.3 Å². The molecule has 19 heavy (non-hydrogen) atoms. The SMILES string of the molecule is C[C@H](OC(=O)c1ccsc1)C(=O)NCc1cccs1. The summed E-state index contributed by atoms with van der Waals surface area (Å²) in [5.74, 6) is -0.767. The fraction of sp³-hybridized carbons (Fsp3) is 0.231. The van der Waals surface area contributed by atoms with Gasteiger partial charge in [0.1, 0.15) is 0 Å². The summed E-state index contributed by atoms with van der Waals surface area (Å²) >= 11 is 2.98. The number of esters is 1. The molecule has 0 aromatic carbocycles. The van der Waals surface area contributed by atoms with Crippen molar-refractivity contribution in [2.75, 3.05) is 0 Å². The van der Waals surface area contributed by atoms with E-state index >= 15 is 0 Å². The molecule has 4 nitrogen and oxygen atoms in total. The number of rotatable bonds is 5. The van der Waals surface area contributed by atoms with Crippen LogP contribution in [-0.4, -0.2) is 18.0 Å². The molecular weight excluding hydrogens is 282 g/mol. The summed E-state index contributed by atoms with van der Waals surface area (Å²) in [6.07, 6.45) is -0.799. The van der Waals surface area contributed by atoms with Gasteiger partial charge in [0, 0.05) is 10.3 Å². The summed E-state index contributed by atoms with van der Waals surface area (Å²) < 4.78 is 5.09. The first-order valence-electron chi connectivity index (χ1n) is 5.70. The molecule has 0 unspecified atom stereocenters. The maximum Gasteiger partial charge on any atom is 0.339 e. The molecule has 0 fully saturated rings. The number of hydrogen-bond donors (Lipinski definition) is 1. The van der Waals surface area contributed by atoms with E-state index in [2.05, 4.69) is 5.32 Å². The molecule has 6 heteroatoms. The Morgan fingerprint density at radius 1 is 1.37 bits per heavy atom.